The molecule has 1 nitrogen and oxygen atoms in total. The molecule has 1 heteroatoms. The molecule has 1 aromatic heterocycles. The highest BCUT2D eigenvalue weighted by atomic mass is 16.3. The van der Waals surface area contributed by atoms with Gasteiger partial charge in [0.05, 0.1) is 0 Å². The van der Waals surface area contributed by atoms with Gasteiger partial charge in [0, 0.05) is 22.3 Å². The lowest BCUT2D eigenvalue weighted by molar-refractivity contribution is 0.670. The molecule has 9 aromatic carbocycles. The van der Waals surface area contributed by atoms with Gasteiger partial charge in [0.2, 0.25) is 0 Å². The molecule has 52 heavy (non-hydrogen) atoms. The predicted molar refractivity (Wildman–Crippen MR) is 218 cm³/mol. The number of furan rings is 1. The average Bonchev–Trinajstić information content (AvgIpc) is 3.76. The zero-order chi connectivity index (χ0) is 34.2. The summed E-state index contributed by atoms with van der Waals surface area (Å²) in [5, 5.41) is 7.30. The van der Waals surface area contributed by atoms with Crippen molar-refractivity contribution in [1.82, 2.24) is 0 Å². The normalized spacial score (nSPS) is 12.5. The zero-order valence-corrected chi connectivity index (χ0v) is 28.4. The second kappa shape index (κ2) is 11.4. The highest BCUT2D eigenvalue weighted by Crippen LogP contribution is 2.50. The second-order valence-corrected chi connectivity index (χ2v) is 13.9. The molecule has 11 rings (SSSR count). The van der Waals surface area contributed by atoms with Crippen LogP contribution in [0, 0.1) is 0 Å². The first-order chi connectivity index (χ1) is 25.8. The summed E-state index contributed by atoms with van der Waals surface area (Å²) in [7, 11) is 0. The first-order valence-electron chi connectivity index (χ1n) is 18.0. The van der Waals surface area contributed by atoms with Crippen LogP contribution in [-0.2, 0) is 0 Å². The van der Waals surface area contributed by atoms with Gasteiger partial charge in [0.25, 0.3) is 0 Å². The summed E-state index contributed by atoms with van der Waals surface area (Å²) in [4.78, 5) is 0. The van der Waals surface area contributed by atoms with Gasteiger partial charge in [-0.15, -0.1) is 0 Å². The summed E-state index contributed by atoms with van der Waals surface area (Å²) >= 11 is 0. The number of fused-ring (bicyclic) bond motifs is 8. The highest BCUT2D eigenvalue weighted by Gasteiger charge is 2.29. The van der Waals surface area contributed by atoms with Crippen molar-refractivity contribution in [3.63, 3.8) is 0 Å². The number of hydrogen-bond donors (Lipinski definition) is 0. The quantitative estimate of drug-likeness (QED) is 0.171. The molecular formula is C51H32O. The Bertz CT molecular complexity index is 2930. The van der Waals surface area contributed by atoms with Gasteiger partial charge in [-0.25, -0.2) is 0 Å². The van der Waals surface area contributed by atoms with E-state index in [4.69, 9.17) is 4.42 Å². The molecule has 0 unspecified atom stereocenters. The molecule has 0 radical (unpaired) electrons. The topological polar surface area (TPSA) is 13.1 Å². The van der Waals surface area contributed by atoms with E-state index in [1.54, 1.807) is 0 Å². The maximum absolute atomic E-state index is 6.47. The first-order valence-corrected chi connectivity index (χ1v) is 18.0. The molecule has 0 saturated heterocycles. The van der Waals surface area contributed by atoms with Gasteiger partial charge >= 0.3 is 0 Å². The van der Waals surface area contributed by atoms with E-state index in [0.29, 0.717) is 0 Å². The van der Waals surface area contributed by atoms with Crippen molar-refractivity contribution in [2.45, 2.75) is 5.92 Å². The van der Waals surface area contributed by atoms with Crippen molar-refractivity contribution in [1.29, 1.82) is 0 Å². The molecule has 10 aromatic rings. The molecule has 1 heterocycles. The van der Waals surface area contributed by atoms with E-state index in [-0.39, 0.29) is 5.92 Å². The second-order valence-electron chi connectivity index (χ2n) is 13.9. The summed E-state index contributed by atoms with van der Waals surface area (Å²) in [5.74, 6) is 0.197. The van der Waals surface area contributed by atoms with Crippen LogP contribution in [-0.4, -0.2) is 0 Å². The largest absolute Gasteiger partial charge is 0.455 e. The Balaban J connectivity index is 1.11. The molecule has 0 aliphatic heterocycles. The van der Waals surface area contributed by atoms with Crippen molar-refractivity contribution in [3.05, 3.63) is 205 Å². The molecule has 0 fully saturated rings. The molecule has 0 atom stereocenters. The fourth-order valence-electron chi connectivity index (χ4n) is 8.96. The van der Waals surface area contributed by atoms with E-state index in [1.807, 2.05) is 6.07 Å². The van der Waals surface area contributed by atoms with E-state index in [1.165, 1.54) is 71.6 Å². The molecular weight excluding hydrogens is 629 g/mol. The minimum Gasteiger partial charge on any atom is -0.455 e. The van der Waals surface area contributed by atoms with Crippen molar-refractivity contribution >= 4 is 43.5 Å². The average molecular weight is 661 g/mol. The molecule has 0 spiro atoms. The molecule has 1 aliphatic rings. The van der Waals surface area contributed by atoms with Crippen molar-refractivity contribution in [3.8, 4) is 44.5 Å². The first kappa shape index (κ1) is 29.1. The summed E-state index contributed by atoms with van der Waals surface area (Å²) < 4.78 is 6.47. The van der Waals surface area contributed by atoms with Crippen molar-refractivity contribution < 1.29 is 4.42 Å². The fraction of sp³-hybridized carbons (Fsp3) is 0.0196. The minimum atomic E-state index is 0.197. The third-order valence-electron chi connectivity index (χ3n) is 11.1. The molecule has 242 valence electrons. The van der Waals surface area contributed by atoms with Gasteiger partial charge in [0.15, 0.2) is 0 Å². The number of rotatable bonds is 4. The minimum absolute atomic E-state index is 0.197. The van der Waals surface area contributed by atoms with Gasteiger partial charge < -0.3 is 4.42 Å². The Morgan fingerprint density at radius 2 is 0.788 bits per heavy atom. The summed E-state index contributed by atoms with van der Waals surface area (Å²) in [5.41, 5.74) is 15.8. The van der Waals surface area contributed by atoms with Crippen LogP contribution in [0.5, 0.6) is 0 Å². The Hall–Kier alpha value is -6.70. The van der Waals surface area contributed by atoms with E-state index in [9.17, 15) is 0 Å². The Labute approximate surface area is 302 Å². The number of benzene rings is 9. The van der Waals surface area contributed by atoms with Crippen LogP contribution in [0.3, 0.4) is 0 Å². The highest BCUT2D eigenvalue weighted by molar-refractivity contribution is 6.21. The van der Waals surface area contributed by atoms with Gasteiger partial charge in [-0.3, -0.25) is 0 Å². The van der Waals surface area contributed by atoms with Gasteiger partial charge in [0.1, 0.15) is 11.2 Å². The Morgan fingerprint density at radius 3 is 1.44 bits per heavy atom. The lowest BCUT2D eigenvalue weighted by atomic mass is 9.83. The lowest BCUT2D eigenvalue weighted by Crippen LogP contribution is -1.99. The van der Waals surface area contributed by atoms with Gasteiger partial charge in [-0.1, -0.05) is 176 Å². The van der Waals surface area contributed by atoms with Crippen LogP contribution in [0.1, 0.15) is 22.6 Å². The van der Waals surface area contributed by atoms with E-state index in [0.717, 1.165) is 33.1 Å². The third-order valence-corrected chi connectivity index (χ3v) is 11.1. The molecule has 0 bridgehead atoms. The van der Waals surface area contributed by atoms with Crippen LogP contribution in [0.25, 0.3) is 88.0 Å². The Kier molecular flexibility index (Phi) is 6.38. The summed E-state index contributed by atoms with van der Waals surface area (Å²) in [6.45, 7) is 0. The van der Waals surface area contributed by atoms with Crippen LogP contribution in [0.2, 0.25) is 0 Å². The third kappa shape index (κ3) is 4.30. The van der Waals surface area contributed by atoms with Crippen molar-refractivity contribution in [2.24, 2.45) is 0 Å². The van der Waals surface area contributed by atoms with E-state index in [2.05, 4.69) is 182 Å². The van der Waals surface area contributed by atoms with Crippen molar-refractivity contribution in [2.75, 3.05) is 0 Å². The van der Waals surface area contributed by atoms with Gasteiger partial charge in [-0.05, 0) is 89.3 Å². The molecule has 0 amide bonds. The Morgan fingerprint density at radius 1 is 0.327 bits per heavy atom. The lowest BCUT2D eigenvalue weighted by Gasteiger charge is -2.20. The molecule has 0 saturated carbocycles. The van der Waals surface area contributed by atoms with Crippen LogP contribution in [0.4, 0.5) is 0 Å². The summed E-state index contributed by atoms with van der Waals surface area (Å²) in [6.07, 6.45) is 0. The van der Waals surface area contributed by atoms with E-state index < -0.39 is 0 Å². The molecule has 1 aliphatic carbocycles. The van der Waals surface area contributed by atoms with Crippen LogP contribution in [0.15, 0.2) is 192 Å². The van der Waals surface area contributed by atoms with Crippen LogP contribution >= 0.6 is 0 Å². The molecule has 0 N–H and O–H groups in total. The smallest absolute Gasteiger partial charge is 0.143 e. The maximum atomic E-state index is 6.47. The monoisotopic (exact) mass is 660 g/mol. The maximum Gasteiger partial charge on any atom is 0.143 e. The standard InChI is InChI=1S/C51H32O/c1-3-21-40-37(18-1)38-19-2-4-22-41(38)48(40)34-16-12-17-35(31-34)50-44-25-7-5-23-42(44)49(43-24-6-8-26-45(43)50)33-15-11-14-32(30-33)36-27-13-28-46-39-20-9-10-29-47(39)52-51(36)46/h1-31,48H. The summed E-state index contributed by atoms with van der Waals surface area (Å²) in [6, 6.07) is 68.7. The predicted octanol–water partition coefficient (Wildman–Crippen LogP) is 14.1. The van der Waals surface area contributed by atoms with Crippen LogP contribution < -0.4 is 0 Å². The van der Waals surface area contributed by atoms with E-state index >= 15 is 0 Å². The SMILES string of the molecule is c1cc(-c2c3ccccc3c(-c3cccc(C4c5ccccc5-c5ccccc54)c3)c3ccccc23)cc(-c2cccc3c2oc2ccccc23)c1. The fourth-order valence-corrected chi connectivity index (χ4v) is 8.96. The van der Waals surface area contributed by atoms with Gasteiger partial charge in [-0.2, -0.15) is 0 Å². The number of hydrogen-bond acceptors (Lipinski definition) is 1. The number of para-hydroxylation sites is 2. The zero-order valence-electron chi connectivity index (χ0n) is 28.4.